The van der Waals surface area contributed by atoms with E-state index in [4.69, 9.17) is 9.47 Å². The molecule has 11 nitrogen and oxygen atoms in total. The number of amides is 5. The van der Waals surface area contributed by atoms with E-state index in [0.717, 1.165) is 0 Å². The van der Waals surface area contributed by atoms with Gasteiger partial charge >= 0.3 is 12.1 Å². The van der Waals surface area contributed by atoms with Crippen molar-refractivity contribution in [1.82, 2.24) is 9.80 Å². The summed E-state index contributed by atoms with van der Waals surface area (Å²) >= 11 is 0. The summed E-state index contributed by atoms with van der Waals surface area (Å²) in [5.74, 6) is 0.270. The molecule has 12 heteroatoms. The molecular formula is C32H38FN5O6. The van der Waals surface area contributed by atoms with Gasteiger partial charge in [-0.05, 0) is 73.7 Å². The van der Waals surface area contributed by atoms with E-state index < -0.39 is 30.0 Å². The molecule has 0 spiro atoms. The maximum Gasteiger partial charge on any atom is 0.323 e. The van der Waals surface area contributed by atoms with Gasteiger partial charge in [-0.3, -0.25) is 4.79 Å². The SMILES string of the molecule is COc1ccc(NC(=O)Nc2ccc3c(c2)CC(=O)N([C@H](C)CO)C[C@@H](C)[C@@H](CN(C)C(=O)Nc2ccc(F)cc2)O3)cc1. The molecule has 3 atom stereocenters. The number of aliphatic hydroxyl groups excluding tert-OH is 1. The highest BCUT2D eigenvalue weighted by molar-refractivity contribution is 6.00. The van der Waals surface area contributed by atoms with E-state index in [1.54, 1.807) is 68.4 Å². The lowest BCUT2D eigenvalue weighted by Gasteiger charge is -2.34. The van der Waals surface area contributed by atoms with Crippen LogP contribution in [0.5, 0.6) is 11.5 Å². The molecule has 4 rings (SSSR count). The summed E-state index contributed by atoms with van der Waals surface area (Å²) in [6, 6.07) is 16.1. The highest BCUT2D eigenvalue weighted by atomic mass is 19.1. The quantitative estimate of drug-likeness (QED) is 0.291. The molecule has 1 heterocycles. The third-order valence-electron chi connectivity index (χ3n) is 7.42. The minimum Gasteiger partial charge on any atom is -0.497 e. The van der Waals surface area contributed by atoms with Crippen molar-refractivity contribution in [2.75, 3.05) is 49.8 Å². The molecule has 44 heavy (non-hydrogen) atoms. The van der Waals surface area contributed by atoms with E-state index in [0.29, 0.717) is 40.7 Å². The van der Waals surface area contributed by atoms with Crippen LogP contribution in [0.15, 0.2) is 66.7 Å². The van der Waals surface area contributed by atoms with Gasteiger partial charge in [0.25, 0.3) is 0 Å². The fourth-order valence-corrected chi connectivity index (χ4v) is 4.80. The van der Waals surface area contributed by atoms with Gasteiger partial charge in [0.1, 0.15) is 23.4 Å². The van der Waals surface area contributed by atoms with Crippen LogP contribution in [0, 0.1) is 11.7 Å². The van der Waals surface area contributed by atoms with Gasteiger partial charge in [-0.15, -0.1) is 0 Å². The summed E-state index contributed by atoms with van der Waals surface area (Å²) in [5, 5.41) is 18.2. The van der Waals surface area contributed by atoms with Crippen LogP contribution in [0.3, 0.4) is 0 Å². The first-order valence-corrected chi connectivity index (χ1v) is 14.3. The van der Waals surface area contributed by atoms with Crippen LogP contribution < -0.4 is 25.4 Å². The van der Waals surface area contributed by atoms with Crippen LogP contribution in [0.1, 0.15) is 19.4 Å². The largest absolute Gasteiger partial charge is 0.497 e. The molecular weight excluding hydrogens is 569 g/mol. The van der Waals surface area contributed by atoms with E-state index in [2.05, 4.69) is 16.0 Å². The van der Waals surface area contributed by atoms with Gasteiger partial charge < -0.3 is 40.3 Å². The Bertz CT molecular complexity index is 1450. The second kappa shape index (κ2) is 14.6. The molecule has 5 amide bonds. The molecule has 234 valence electrons. The summed E-state index contributed by atoms with van der Waals surface area (Å²) in [4.78, 5) is 42.2. The lowest BCUT2D eigenvalue weighted by molar-refractivity contribution is -0.134. The van der Waals surface area contributed by atoms with Gasteiger partial charge in [0.15, 0.2) is 0 Å². The molecule has 0 saturated heterocycles. The van der Waals surface area contributed by atoms with Crippen molar-refractivity contribution in [3.8, 4) is 11.5 Å². The Balaban J connectivity index is 1.54. The Hall–Kier alpha value is -4.84. The summed E-state index contributed by atoms with van der Waals surface area (Å²) in [5.41, 5.74) is 2.02. The van der Waals surface area contributed by atoms with E-state index >= 15 is 0 Å². The number of benzene rings is 3. The molecule has 3 aromatic carbocycles. The first-order chi connectivity index (χ1) is 21.1. The zero-order chi connectivity index (χ0) is 31.8. The van der Waals surface area contributed by atoms with Gasteiger partial charge in [-0.25, -0.2) is 14.0 Å². The number of fused-ring (bicyclic) bond motifs is 1. The molecule has 0 radical (unpaired) electrons. The second-order valence-corrected chi connectivity index (χ2v) is 10.8. The second-order valence-electron chi connectivity index (χ2n) is 10.8. The first-order valence-electron chi connectivity index (χ1n) is 14.3. The monoisotopic (exact) mass is 607 g/mol. The molecule has 1 aliphatic rings. The fourth-order valence-electron chi connectivity index (χ4n) is 4.80. The van der Waals surface area contributed by atoms with Crippen molar-refractivity contribution in [3.63, 3.8) is 0 Å². The third kappa shape index (κ3) is 8.38. The topological polar surface area (TPSA) is 132 Å². The maximum atomic E-state index is 13.5. The smallest absolute Gasteiger partial charge is 0.323 e. The number of hydrogen-bond donors (Lipinski definition) is 4. The number of anilines is 3. The van der Waals surface area contributed by atoms with Crippen LogP contribution in [-0.4, -0.2) is 78.9 Å². The number of nitrogens with zero attached hydrogens (tertiary/aromatic N) is 2. The number of ether oxygens (including phenoxy) is 2. The van der Waals surface area contributed by atoms with Gasteiger partial charge in [0.05, 0.1) is 32.7 Å². The average molecular weight is 608 g/mol. The molecule has 4 N–H and O–H groups in total. The van der Waals surface area contributed by atoms with Crippen LogP contribution in [0.4, 0.5) is 31.0 Å². The summed E-state index contributed by atoms with van der Waals surface area (Å²) < 4.78 is 24.9. The number of carbonyl (C=O) groups excluding carboxylic acids is 3. The minimum atomic E-state index is -0.533. The van der Waals surface area contributed by atoms with E-state index in [1.165, 1.54) is 29.2 Å². The zero-order valence-corrected chi connectivity index (χ0v) is 25.2. The predicted octanol–water partition coefficient (Wildman–Crippen LogP) is 4.79. The highest BCUT2D eigenvalue weighted by Gasteiger charge is 2.32. The summed E-state index contributed by atoms with van der Waals surface area (Å²) in [6.07, 6.45) is -0.551. The Labute approximate surface area is 255 Å². The third-order valence-corrected chi connectivity index (χ3v) is 7.42. The van der Waals surface area contributed by atoms with Crippen molar-refractivity contribution in [1.29, 1.82) is 0 Å². The van der Waals surface area contributed by atoms with E-state index in [1.807, 2.05) is 6.92 Å². The van der Waals surface area contributed by atoms with Crippen molar-refractivity contribution >= 4 is 35.0 Å². The number of hydrogen-bond acceptors (Lipinski definition) is 6. The van der Waals surface area contributed by atoms with E-state index in [-0.39, 0.29) is 31.4 Å². The Morgan fingerprint density at radius 2 is 1.66 bits per heavy atom. The molecule has 1 aliphatic heterocycles. The van der Waals surface area contributed by atoms with Crippen LogP contribution in [0.2, 0.25) is 0 Å². The molecule has 0 aromatic heterocycles. The van der Waals surface area contributed by atoms with Gasteiger partial charge in [-0.2, -0.15) is 0 Å². The Morgan fingerprint density at radius 3 is 2.32 bits per heavy atom. The lowest BCUT2D eigenvalue weighted by Crippen LogP contribution is -2.48. The molecule has 0 unspecified atom stereocenters. The molecule has 0 aliphatic carbocycles. The van der Waals surface area contributed by atoms with Crippen molar-refractivity contribution in [3.05, 3.63) is 78.1 Å². The van der Waals surface area contributed by atoms with Crippen LogP contribution in [0.25, 0.3) is 0 Å². The molecule has 0 saturated carbocycles. The number of carbonyl (C=O) groups is 3. The summed E-state index contributed by atoms with van der Waals surface area (Å²) in [7, 11) is 3.18. The van der Waals surface area contributed by atoms with Gasteiger partial charge in [0.2, 0.25) is 5.91 Å². The van der Waals surface area contributed by atoms with Crippen LogP contribution in [-0.2, 0) is 11.2 Å². The zero-order valence-electron chi connectivity index (χ0n) is 25.2. The van der Waals surface area contributed by atoms with Gasteiger partial charge in [0, 0.05) is 42.1 Å². The number of aliphatic hydroxyl groups is 1. The molecule has 3 aromatic rings. The molecule has 0 bridgehead atoms. The van der Waals surface area contributed by atoms with Crippen molar-refractivity contribution in [2.45, 2.75) is 32.4 Å². The minimum absolute atomic E-state index is 0.0182. The number of halogens is 1. The van der Waals surface area contributed by atoms with Crippen molar-refractivity contribution < 1.29 is 33.4 Å². The first kappa shape index (κ1) is 32.1. The average Bonchev–Trinajstić information content (AvgIpc) is 3.05. The maximum absolute atomic E-state index is 13.5. The number of rotatable bonds is 8. The summed E-state index contributed by atoms with van der Waals surface area (Å²) in [6.45, 7) is 3.94. The standard InChI is InChI=1S/C32H38FN5O6/c1-20-17-38(21(2)19-39)30(40)16-22-15-26(35-31(41)34-24-9-12-27(43-4)13-10-24)11-14-28(22)44-29(20)18-37(3)32(42)36-25-7-5-23(33)6-8-25/h5-15,20-21,29,39H,16-19H2,1-4H3,(H,36,42)(H2,34,35,41)/t20-,21-,29-/m1/s1. The normalized spacial score (nSPS) is 17.1. The predicted molar refractivity (Wildman–Crippen MR) is 166 cm³/mol. The number of urea groups is 2. The number of methoxy groups -OCH3 is 1. The van der Waals surface area contributed by atoms with Gasteiger partial charge in [-0.1, -0.05) is 6.92 Å². The Morgan fingerprint density at radius 1 is 1.05 bits per heavy atom. The number of nitrogens with one attached hydrogen (secondary N) is 3. The van der Waals surface area contributed by atoms with E-state index in [9.17, 15) is 23.9 Å². The molecule has 0 fully saturated rings. The lowest BCUT2D eigenvalue weighted by atomic mass is 10.0. The highest BCUT2D eigenvalue weighted by Crippen LogP contribution is 2.29. The van der Waals surface area contributed by atoms with Crippen molar-refractivity contribution in [2.24, 2.45) is 5.92 Å². The fraction of sp³-hybridized carbons (Fsp3) is 0.344. The van der Waals surface area contributed by atoms with Crippen LogP contribution >= 0.6 is 0 Å². The number of likely N-dealkylation sites (N-methyl/N-ethyl adjacent to an activating group) is 1. The Kier molecular flexibility index (Phi) is 10.6.